The zero-order valence-corrected chi connectivity index (χ0v) is 6.76. The molecule has 0 aliphatic rings. The van der Waals surface area contributed by atoms with Crippen molar-refractivity contribution in [2.45, 2.75) is 6.92 Å². The minimum atomic E-state index is 0.898. The van der Waals surface area contributed by atoms with E-state index in [1.54, 1.807) is 6.20 Å². The van der Waals surface area contributed by atoms with Gasteiger partial charge in [-0.2, -0.15) is 0 Å². The fourth-order valence-corrected chi connectivity index (χ4v) is 1.20. The first-order valence-corrected chi connectivity index (χ1v) is 3.76. The van der Waals surface area contributed by atoms with Crippen LogP contribution in [0.5, 0.6) is 0 Å². The normalized spacial score (nSPS) is 9.42. The largest absolute Gasteiger partial charge is 0.346 e. The van der Waals surface area contributed by atoms with Crippen LogP contribution in [0.2, 0.25) is 0 Å². The summed E-state index contributed by atoms with van der Waals surface area (Å²) < 4.78 is 0. The Bertz CT molecular complexity index is 457. The van der Waals surface area contributed by atoms with Crippen LogP contribution in [-0.4, -0.2) is 9.97 Å². The molecule has 2 heterocycles. The van der Waals surface area contributed by atoms with Crippen LogP contribution < -0.4 is 0 Å². The Morgan fingerprint density at radius 1 is 1.42 bits per heavy atom. The molecule has 0 fully saturated rings. The second-order valence-electron chi connectivity index (χ2n) is 2.47. The van der Waals surface area contributed by atoms with Gasteiger partial charge in [0.15, 0.2) is 0 Å². The number of fused-ring (bicyclic) bond motifs is 1. The maximum absolute atomic E-state index is 4.16. The molecule has 12 heavy (non-hydrogen) atoms. The molecule has 0 aliphatic heterocycles. The Morgan fingerprint density at radius 2 is 2.33 bits per heavy atom. The SMILES string of the molecule is CC#Cc1ccnc2[nH]ccc12. The lowest BCUT2D eigenvalue weighted by atomic mass is 10.2. The number of aromatic nitrogens is 2. The van der Waals surface area contributed by atoms with Crippen molar-refractivity contribution >= 4 is 11.0 Å². The van der Waals surface area contributed by atoms with Gasteiger partial charge in [-0.1, -0.05) is 5.92 Å². The number of aromatic amines is 1. The molecule has 58 valence electrons. The van der Waals surface area contributed by atoms with Crippen LogP contribution in [0.3, 0.4) is 0 Å². The molecule has 0 spiro atoms. The zero-order valence-electron chi connectivity index (χ0n) is 6.76. The van der Waals surface area contributed by atoms with Gasteiger partial charge in [0.2, 0.25) is 0 Å². The van der Waals surface area contributed by atoms with Crippen molar-refractivity contribution in [3.8, 4) is 11.8 Å². The Kier molecular flexibility index (Phi) is 1.56. The van der Waals surface area contributed by atoms with E-state index in [2.05, 4.69) is 21.8 Å². The molecule has 0 unspecified atom stereocenters. The van der Waals surface area contributed by atoms with Gasteiger partial charge in [-0.3, -0.25) is 0 Å². The van der Waals surface area contributed by atoms with Gasteiger partial charge in [-0.05, 0) is 19.1 Å². The molecule has 0 saturated heterocycles. The van der Waals surface area contributed by atoms with E-state index >= 15 is 0 Å². The maximum Gasteiger partial charge on any atom is 0.138 e. The molecule has 0 aromatic carbocycles. The molecule has 0 aliphatic carbocycles. The number of pyridine rings is 1. The summed E-state index contributed by atoms with van der Waals surface area (Å²) in [6, 6.07) is 3.91. The summed E-state index contributed by atoms with van der Waals surface area (Å²) in [7, 11) is 0. The summed E-state index contributed by atoms with van der Waals surface area (Å²) in [5.41, 5.74) is 1.93. The number of hydrogen-bond acceptors (Lipinski definition) is 1. The predicted octanol–water partition coefficient (Wildman–Crippen LogP) is 1.93. The third kappa shape index (κ3) is 0.960. The average molecular weight is 156 g/mol. The lowest BCUT2D eigenvalue weighted by molar-refractivity contribution is 1.32. The number of hydrogen-bond donors (Lipinski definition) is 1. The van der Waals surface area contributed by atoms with Gasteiger partial charge in [0.05, 0.1) is 0 Å². The van der Waals surface area contributed by atoms with Crippen molar-refractivity contribution in [1.82, 2.24) is 9.97 Å². The quantitative estimate of drug-likeness (QED) is 0.580. The van der Waals surface area contributed by atoms with Crippen LogP contribution in [0.4, 0.5) is 0 Å². The summed E-state index contributed by atoms with van der Waals surface area (Å²) in [6.45, 7) is 1.83. The average Bonchev–Trinajstić information content (AvgIpc) is 2.53. The lowest BCUT2D eigenvalue weighted by Crippen LogP contribution is -1.79. The molecule has 1 N–H and O–H groups in total. The van der Waals surface area contributed by atoms with Crippen molar-refractivity contribution in [3.63, 3.8) is 0 Å². The highest BCUT2D eigenvalue weighted by Gasteiger charge is 1.97. The van der Waals surface area contributed by atoms with E-state index in [9.17, 15) is 0 Å². The Labute approximate surface area is 70.6 Å². The van der Waals surface area contributed by atoms with E-state index in [1.807, 2.05) is 25.3 Å². The lowest BCUT2D eigenvalue weighted by Gasteiger charge is -1.91. The summed E-state index contributed by atoms with van der Waals surface area (Å²) in [5, 5.41) is 1.09. The molecule has 2 heteroatoms. The number of nitrogens with one attached hydrogen (secondary N) is 1. The summed E-state index contributed by atoms with van der Waals surface area (Å²) in [6.07, 6.45) is 3.64. The maximum atomic E-state index is 4.16. The standard InChI is InChI=1S/C10H8N2/c1-2-3-8-4-6-11-10-9(8)5-7-12-10/h4-7H,1H3,(H,11,12). The Morgan fingerprint density at radius 3 is 3.17 bits per heavy atom. The van der Waals surface area contributed by atoms with Crippen molar-refractivity contribution in [2.75, 3.05) is 0 Å². The molecular weight excluding hydrogens is 148 g/mol. The summed E-state index contributed by atoms with van der Waals surface area (Å²) >= 11 is 0. The van der Waals surface area contributed by atoms with Crippen LogP contribution in [0.25, 0.3) is 11.0 Å². The molecule has 0 atom stereocenters. The van der Waals surface area contributed by atoms with E-state index < -0.39 is 0 Å². The first-order valence-electron chi connectivity index (χ1n) is 3.76. The third-order valence-corrected chi connectivity index (χ3v) is 1.72. The topological polar surface area (TPSA) is 28.7 Å². The Hall–Kier alpha value is -1.75. The van der Waals surface area contributed by atoms with E-state index in [1.165, 1.54) is 0 Å². The van der Waals surface area contributed by atoms with Crippen LogP contribution in [-0.2, 0) is 0 Å². The number of nitrogens with zero attached hydrogens (tertiary/aromatic N) is 1. The second-order valence-corrected chi connectivity index (χ2v) is 2.47. The van der Waals surface area contributed by atoms with E-state index in [4.69, 9.17) is 0 Å². The molecule has 2 aromatic heterocycles. The van der Waals surface area contributed by atoms with Crippen molar-refractivity contribution in [3.05, 3.63) is 30.1 Å². The number of rotatable bonds is 0. The van der Waals surface area contributed by atoms with Crippen LogP contribution in [0.15, 0.2) is 24.5 Å². The highest BCUT2D eigenvalue weighted by atomic mass is 14.8. The van der Waals surface area contributed by atoms with Gasteiger partial charge in [-0.25, -0.2) is 4.98 Å². The van der Waals surface area contributed by atoms with Crippen molar-refractivity contribution in [2.24, 2.45) is 0 Å². The third-order valence-electron chi connectivity index (χ3n) is 1.72. The summed E-state index contributed by atoms with van der Waals surface area (Å²) in [4.78, 5) is 7.20. The van der Waals surface area contributed by atoms with E-state index in [0.29, 0.717) is 0 Å². The van der Waals surface area contributed by atoms with E-state index in [-0.39, 0.29) is 0 Å². The van der Waals surface area contributed by atoms with Crippen LogP contribution >= 0.6 is 0 Å². The predicted molar refractivity (Wildman–Crippen MR) is 48.6 cm³/mol. The minimum absolute atomic E-state index is 0.898. The second kappa shape index (κ2) is 2.71. The van der Waals surface area contributed by atoms with Crippen molar-refractivity contribution in [1.29, 1.82) is 0 Å². The monoisotopic (exact) mass is 156 g/mol. The molecule has 0 radical (unpaired) electrons. The highest BCUT2D eigenvalue weighted by molar-refractivity contribution is 5.82. The zero-order chi connectivity index (χ0) is 8.39. The Balaban J connectivity index is 2.79. The fourth-order valence-electron chi connectivity index (χ4n) is 1.20. The highest BCUT2D eigenvalue weighted by Crippen LogP contribution is 2.13. The molecule has 2 rings (SSSR count). The van der Waals surface area contributed by atoms with Gasteiger partial charge in [-0.15, -0.1) is 5.92 Å². The summed E-state index contributed by atoms with van der Waals surface area (Å²) in [5.74, 6) is 5.90. The molecule has 0 amide bonds. The number of H-pyrrole nitrogens is 1. The molecule has 2 nitrogen and oxygen atoms in total. The van der Waals surface area contributed by atoms with Gasteiger partial charge in [0, 0.05) is 23.3 Å². The van der Waals surface area contributed by atoms with E-state index in [0.717, 1.165) is 16.6 Å². The fraction of sp³-hybridized carbons (Fsp3) is 0.100. The van der Waals surface area contributed by atoms with Gasteiger partial charge in [0.25, 0.3) is 0 Å². The van der Waals surface area contributed by atoms with Gasteiger partial charge >= 0.3 is 0 Å². The van der Waals surface area contributed by atoms with Gasteiger partial charge < -0.3 is 4.98 Å². The van der Waals surface area contributed by atoms with Gasteiger partial charge in [0.1, 0.15) is 5.65 Å². The molecule has 0 saturated carbocycles. The molecular formula is C10H8N2. The molecule has 0 bridgehead atoms. The first kappa shape index (κ1) is 6.93. The van der Waals surface area contributed by atoms with Crippen molar-refractivity contribution < 1.29 is 0 Å². The van der Waals surface area contributed by atoms with Crippen LogP contribution in [0.1, 0.15) is 12.5 Å². The minimum Gasteiger partial charge on any atom is -0.346 e. The molecule has 2 aromatic rings. The first-order chi connectivity index (χ1) is 5.92. The van der Waals surface area contributed by atoms with Crippen LogP contribution in [0, 0.1) is 11.8 Å². The smallest absolute Gasteiger partial charge is 0.138 e.